The Hall–Kier alpha value is -4.99. The Balaban J connectivity index is 1.21. The van der Waals surface area contributed by atoms with E-state index >= 15 is 0 Å². The van der Waals surface area contributed by atoms with E-state index < -0.39 is 0 Å². The van der Waals surface area contributed by atoms with Crippen LogP contribution in [0.2, 0.25) is 0 Å². The number of anilines is 3. The van der Waals surface area contributed by atoms with Crippen LogP contribution in [0.5, 0.6) is 11.5 Å². The van der Waals surface area contributed by atoms with Crippen molar-refractivity contribution in [2.45, 2.75) is 97.8 Å². The summed E-state index contributed by atoms with van der Waals surface area (Å²) in [6.45, 7) is 26.2. The summed E-state index contributed by atoms with van der Waals surface area (Å²) in [7, 11) is 0. The molecular formula is C52H54N4OPt. The third kappa shape index (κ3) is 5.52. The molecule has 0 atom stereocenters. The van der Waals surface area contributed by atoms with Gasteiger partial charge in [0.1, 0.15) is 0 Å². The number of pyridine rings is 1. The molecule has 1 aliphatic carbocycles. The van der Waals surface area contributed by atoms with E-state index in [9.17, 15) is 0 Å². The van der Waals surface area contributed by atoms with Crippen molar-refractivity contribution in [3.05, 3.63) is 159 Å². The van der Waals surface area contributed by atoms with E-state index in [4.69, 9.17) is 9.72 Å². The third-order valence-corrected chi connectivity index (χ3v) is 15.3. The van der Waals surface area contributed by atoms with E-state index in [2.05, 4.69) is 231 Å². The molecule has 0 amide bonds. The predicted octanol–water partition coefficient (Wildman–Crippen LogP) is 13.7. The summed E-state index contributed by atoms with van der Waals surface area (Å²) >= 11 is 2.45. The van der Waals surface area contributed by atoms with Crippen molar-refractivity contribution in [1.82, 2.24) is 14.1 Å². The second-order valence-corrected chi connectivity index (χ2v) is 20.4. The van der Waals surface area contributed by atoms with Gasteiger partial charge in [0.25, 0.3) is 0 Å². The number of benzene rings is 5. The van der Waals surface area contributed by atoms with Crippen LogP contribution in [-0.2, 0) is 41.0 Å². The van der Waals surface area contributed by atoms with Crippen LogP contribution in [0.25, 0.3) is 22.4 Å². The maximum absolute atomic E-state index is 6.90. The van der Waals surface area contributed by atoms with Gasteiger partial charge in [-0.3, -0.25) is 0 Å². The van der Waals surface area contributed by atoms with Gasteiger partial charge in [0, 0.05) is 6.20 Å². The standard InChI is InChI=1S/C52H54N4O.Pt/c1-48(2,3)34-28-29-53-45(30-34)56-44-32-38(24-25-39(44)49(4,5)41-27-26-40-46(47(41)56)51(8,9)52(10,11)50(40,6)7)57-37-21-17-20-36(31-37)55-33-54(35-18-13-12-14-19-35)42-22-15-16-23-43(42)55;/h12-32H,1-11H3;. The molecule has 5 aromatic carbocycles. The number of hydrogen-bond donors (Lipinski definition) is 0. The molecule has 0 spiro atoms. The van der Waals surface area contributed by atoms with Crippen molar-refractivity contribution in [2.24, 2.45) is 5.41 Å². The average molecular weight is 946 g/mol. The number of ether oxygens (including phenoxy) is 1. The normalized spacial score (nSPS) is 17.2. The molecule has 0 saturated carbocycles. The summed E-state index contributed by atoms with van der Waals surface area (Å²) in [5.41, 5.74) is 13.0. The van der Waals surface area contributed by atoms with Crippen LogP contribution in [0, 0.1) is 9.22 Å². The average Bonchev–Trinajstić information content (AvgIpc) is 3.53. The molecular weight excluding hydrogens is 892 g/mol. The second kappa shape index (κ2) is 13.0. The topological polar surface area (TPSA) is 35.2 Å². The van der Waals surface area contributed by atoms with Gasteiger partial charge in [-0.1, -0.05) is 74.4 Å². The monoisotopic (exact) mass is 945 g/mol. The minimum atomic E-state index is -0.274. The molecule has 58 heavy (non-hydrogen) atoms. The Morgan fingerprint density at radius 2 is 1.19 bits per heavy atom. The van der Waals surface area contributed by atoms with Gasteiger partial charge in [0.2, 0.25) is 0 Å². The first-order valence-electron chi connectivity index (χ1n) is 20.5. The molecule has 1 aliphatic heterocycles. The van der Waals surface area contributed by atoms with Crippen LogP contribution < -0.4 is 9.64 Å². The predicted molar refractivity (Wildman–Crippen MR) is 235 cm³/mol. The molecule has 0 fully saturated rings. The van der Waals surface area contributed by atoms with Gasteiger partial charge in [0.15, 0.2) is 0 Å². The van der Waals surface area contributed by atoms with Gasteiger partial charge >= 0.3 is 237 Å². The zero-order chi connectivity index (χ0) is 41.2. The molecule has 0 radical (unpaired) electrons. The van der Waals surface area contributed by atoms with Crippen LogP contribution in [-0.4, -0.2) is 14.1 Å². The Morgan fingerprint density at radius 1 is 0.586 bits per heavy atom. The molecule has 0 bridgehead atoms. The minimum Gasteiger partial charge on any atom is -0.0582 e. The number of nitrogens with zero attached hydrogens (tertiary/aromatic N) is 4. The van der Waals surface area contributed by atoms with E-state index in [0.29, 0.717) is 0 Å². The zero-order valence-corrected chi connectivity index (χ0v) is 37.9. The van der Waals surface area contributed by atoms with Gasteiger partial charge in [-0.2, -0.15) is 0 Å². The Labute approximate surface area is 354 Å². The third-order valence-electron chi connectivity index (χ3n) is 14.3. The molecule has 9 rings (SSSR count). The molecule has 3 heterocycles. The van der Waals surface area contributed by atoms with Gasteiger partial charge in [-0.25, -0.2) is 0 Å². The Kier molecular flexibility index (Phi) is 8.64. The number of rotatable bonds is 5. The number of fused-ring (bicyclic) bond motifs is 5. The van der Waals surface area contributed by atoms with Gasteiger partial charge < -0.3 is 0 Å². The number of para-hydroxylation sites is 3. The van der Waals surface area contributed by atoms with Crippen LogP contribution in [0.4, 0.5) is 17.2 Å². The van der Waals surface area contributed by atoms with Crippen molar-refractivity contribution < 1.29 is 24.1 Å². The van der Waals surface area contributed by atoms with Crippen molar-refractivity contribution >= 4 is 28.2 Å². The van der Waals surface area contributed by atoms with Gasteiger partial charge in [-0.15, -0.1) is 0 Å². The van der Waals surface area contributed by atoms with E-state index in [1.807, 2.05) is 6.20 Å². The molecule has 0 unspecified atom stereocenters. The molecule has 7 aromatic rings. The van der Waals surface area contributed by atoms with E-state index in [1.165, 1.54) is 33.5 Å². The number of imidazole rings is 1. The van der Waals surface area contributed by atoms with Gasteiger partial charge in [0.05, 0.1) is 0 Å². The van der Waals surface area contributed by atoms with Crippen molar-refractivity contribution in [1.29, 1.82) is 0 Å². The maximum atomic E-state index is 6.90. The summed E-state index contributed by atoms with van der Waals surface area (Å²) < 4.78 is 12.6. The zero-order valence-electron chi connectivity index (χ0n) is 35.6. The molecule has 298 valence electrons. The summed E-state index contributed by atoms with van der Waals surface area (Å²) in [6.07, 6.45) is 1.98. The van der Waals surface area contributed by atoms with Crippen molar-refractivity contribution in [2.75, 3.05) is 4.90 Å². The fraction of sp³-hybridized carbons (Fsp3) is 0.308. The summed E-state index contributed by atoms with van der Waals surface area (Å²) in [5.74, 6) is 2.49. The minimum absolute atomic E-state index is 0.00647. The Morgan fingerprint density at radius 3 is 1.88 bits per heavy atom. The fourth-order valence-corrected chi connectivity index (χ4v) is 10.8. The number of hydrogen-bond acceptors (Lipinski definition) is 3. The van der Waals surface area contributed by atoms with Crippen LogP contribution in [0.3, 0.4) is 0 Å². The smallest absolute Gasteiger partial charge is 0.0582 e. The number of aromatic nitrogens is 3. The van der Waals surface area contributed by atoms with Crippen LogP contribution >= 0.6 is 0 Å². The van der Waals surface area contributed by atoms with E-state index in [1.54, 1.807) is 0 Å². The van der Waals surface area contributed by atoms with Crippen molar-refractivity contribution in [3.63, 3.8) is 0 Å². The molecule has 5 nitrogen and oxygen atoms in total. The summed E-state index contributed by atoms with van der Waals surface area (Å²) in [5, 5.41) is 0. The Bertz CT molecular complexity index is 2830. The summed E-state index contributed by atoms with van der Waals surface area (Å²) in [6, 6.07) is 43.5. The first-order valence-corrected chi connectivity index (χ1v) is 21.6. The quantitative estimate of drug-likeness (QED) is 0.172. The molecule has 2 aliphatic rings. The van der Waals surface area contributed by atoms with Gasteiger partial charge in [-0.05, 0) is 38.9 Å². The fourth-order valence-electron chi connectivity index (χ4n) is 9.71. The van der Waals surface area contributed by atoms with E-state index in [-0.39, 0.29) is 27.1 Å². The van der Waals surface area contributed by atoms with Crippen LogP contribution in [0.1, 0.15) is 104 Å². The molecule has 6 heteroatoms. The molecule has 0 N–H and O–H groups in total. The van der Waals surface area contributed by atoms with Crippen molar-refractivity contribution in [3.8, 4) is 22.9 Å². The van der Waals surface area contributed by atoms with Crippen LogP contribution in [0.15, 0.2) is 128 Å². The molecule has 0 saturated heterocycles. The second-order valence-electron chi connectivity index (χ2n) is 19.4. The first kappa shape index (κ1) is 38.5. The molecule has 2 aromatic heterocycles. The first-order chi connectivity index (χ1) is 27.4. The summed E-state index contributed by atoms with van der Waals surface area (Å²) in [4.78, 5) is 7.63. The SMILES string of the molecule is CC(C)(C)c1ccnc(N2c3cc(Oc4cccc(-n5[c](=[Pt])n(-c6ccccc6)c6ccccc65)c4)ccc3C(C)(C)c3ccc4c(c32)C(C)(C)C(C)(C)C4(C)C)c1. The van der Waals surface area contributed by atoms with E-state index in [0.717, 1.165) is 49.2 Å².